The van der Waals surface area contributed by atoms with Crippen LogP contribution in [-0.2, 0) is 4.79 Å². The van der Waals surface area contributed by atoms with Crippen molar-refractivity contribution in [3.63, 3.8) is 0 Å². The van der Waals surface area contributed by atoms with Gasteiger partial charge in [0.25, 0.3) is 0 Å². The van der Waals surface area contributed by atoms with Crippen molar-refractivity contribution in [2.45, 2.75) is 20.3 Å². The number of thiocarbonyl (C=S) groups is 1. The van der Waals surface area contributed by atoms with Crippen molar-refractivity contribution >= 4 is 40.5 Å². The average Bonchev–Trinajstić information content (AvgIpc) is 2.29. The van der Waals surface area contributed by atoms with Crippen LogP contribution >= 0.6 is 23.8 Å². The molecule has 0 fully saturated rings. The number of benzene rings is 1. The van der Waals surface area contributed by atoms with Gasteiger partial charge in [-0.05, 0) is 42.4 Å². The van der Waals surface area contributed by atoms with Crippen LogP contribution in [0, 0.1) is 5.92 Å². The molecule has 0 saturated carbocycles. The van der Waals surface area contributed by atoms with Gasteiger partial charge in [0.1, 0.15) is 0 Å². The Labute approximate surface area is 117 Å². The Morgan fingerprint density at radius 1 is 1.28 bits per heavy atom. The summed E-state index contributed by atoms with van der Waals surface area (Å²) in [7, 11) is 0. The van der Waals surface area contributed by atoms with E-state index >= 15 is 0 Å². The summed E-state index contributed by atoms with van der Waals surface area (Å²) in [5.41, 5.74) is 5.97. The number of carbonyl (C=O) groups is 1. The predicted octanol–water partition coefficient (Wildman–Crippen LogP) is 2.70. The Morgan fingerprint density at radius 2 is 1.89 bits per heavy atom. The van der Waals surface area contributed by atoms with Gasteiger partial charge < -0.3 is 5.32 Å². The molecule has 0 aliphatic carbocycles. The lowest BCUT2D eigenvalue weighted by Crippen LogP contribution is -2.44. The maximum atomic E-state index is 11.4. The van der Waals surface area contributed by atoms with Crippen LogP contribution < -0.4 is 16.2 Å². The first-order chi connectivity index (χ1) is 8.47. The molecule has 0 bridgehead atoms. The lowest BCUT2D eigenvalue weighted by molar-refractivity contribution is -0.122. The largest absolute Gasteiger partial charge is 0.331 e. The van der Waals surface area contributed by atoms with Gasteiger partial charge in [0, 0.05) is 17.1 Å². The molecule has 0 unspecified atom stereocenters. The van der Waals surface area contributed by atoms with Gasteiger partial charge in [-0.3, -0.25) is 15.6 Å². The lowest BCUT2D eigenvalue weighted by atomic mass is 10.1. The number of halogens is 1. The minimum Gasteiger partial charge on any atom is -0.331 e. The minimum atomic E-state index is -0.0924. The molecule has 1 amide bonds. The Kier molecular flexibility index (Phi) is 5.88. The Bertz CT molecular complexity index is 420. The third-order valence-corrected chi connectivity index (χ3v) is 2.47. The fourth-order valence-corrected chi connectivity index (χ4v) is 1.54. The van der Waals surface area contributed by atoms with Crippen LogP contribution in [0.4, 0.5) is 5.69 Å². The standard InChI is InChI=1S/C12H16ClN3OS/c1-8(2)7-11(17)15-16-12(18)14-10-5-3-9(13)4-6-10/h3-6,8H,7H2,1-2H3,(H,15,17)(H2,14,16,18). The van der Waals surface area contributed by atoms with Gasteiger partial charge in [0.15, 0.2) is 5.11 Å². The van der Waals surface area contributed by atoms with Crippen LogP contribution in [0.2, 0.25) is 5.02 Å². The first-order valence-electron chi connectivity index (χ1n) is 5.59. The number of anilines is 1. The molecule has 0 heterocycles. The highest BCUT2D eigenvalue weighted by Gasteiger charge is 2.04. The van der Waals surface area contributed by atoms with E-state index in [0.717, 1.165) is 5.69 Å². The van der Waals surface area contributed by atoms with E-state index in [1.807, 2.05) is 13.8 Å². The number of rotatable bonds is 3. The highest BCUT2D eigenvalue weighted by Crippen LogP contribution is 2.12. The molecule has 0 atom stereocenters. The van der Waals surface area contributed by atoms with Gasteiger partial charge in [0.05, 0.1) is 0 Å². The maximum absolute atomic E-state index is 11.4. The number of hydrogen-bond acceptors (Lipinski definition) is 2. The molecule has 1 rings (SSSR count). The third-order valence-electron chi connectivity index (χ3n) is 2.01. The molecule has 0 aliphatic rings. The zero-order valence-corrected chi connectivity index (χ0v) is 11.9. The monoisotopic (exact) mass is 285 g/mol. The Morgan fingerprint density at radius 3 is 2.44 bits per heavy atom. The van der Waals surface area contributed by atoms with Crippen LogP contribution in [0.5, 0.6) is 0 Å². The number of amides is 1. The molecule has 18 heavy (non-hydrogen) atoms. The van der Waals surface area contributed by atoms with E-state index in [1.165, 1.54) is 0 Å². The highest BCUT2D eigenvalue weighted by molar-refractivity contribution is 7.80. The van der Waals surface area contributed by atoms with E-state index in [1.54, 1.807) is 24.3 Å². The fraction of sp³-hybridized carbons (Fsp3) is 0.333. The van der Waals surface area contributed by atoms with Gasteiger partial charge in [-0.1, -0.05) is 25.4 Å². The van der Waals surface area contributed by atoms with E-state index in [2.05, 4.69) is 16.2 Å². The molecule has 6 heteroatoms. The van der Waals surface area contributed by atoms with Gasteiger partial charge in [-0.15, -0.1) is 0 Å². The zero-order chi connectivity index (χ0) is 13.5. The van der Waals surface area contributed by atoms with E-state index in [-0.39, 0.29) is 5.91 Å². The molecule has 1 aromatic rings. The molecule has 0 saturated heterocycles. The molecule has 0 aromatic heterocycles. The van der Waals surface area contributed by atoms with Crippen molar-refractivity contribution in [1.29, 1.82) is 0 Å². The molecule has 4 nitrogen and oxygen atoms in total. The summed E-state index contributed by atoms with van der Waals surface area (Å²) >= 11 is 10.8. The third kappa shape index (κ3) is 5.84. The number of hydrogen-bond donors (Lipinski definition) is 3. The van der Waals surface area contributed by atoms with E-state index in [0.29, 0.717) is 22.5 Å². The molecular formula is C12H16ClN3OS. The van der Waals surface area contributed by atoms with Crippen LogP contribution in [-0.4, -0.2) is 11.0 Å². The second-order valence-electron chi connectivity index (χ2n) is 4.23. The number of hydrazine groups is 1. The summed E-state index contributed by atoms with van der Waals surface area (Å²) in [5, 5.41) is 3.91. The summed E-state index contributed by atoms with van der Waals surface area (Å²) in [5.74, 6) is 0.217. The van der Waals surface area contributed by atoms with Crippen LogP contribution in [0.1, 0.15) is 20.3 Å². The average molecular weight is 286 g/mol. The molecule has 0 radical (unpaired) electrons. The topological polar surface area (TPSA) is 53.2 Å². The summed E-state index contributed by atoms with van der Waals surface area (Å²) in [4.78, 5) is 11.4. The summed E-state index contributed by atoms with van der Waals surface area (Å²) < 4.78 is 0. The summed E-state index contributed by atoms with van der Waals surface area (Å²) in [6.07, 6.45) is 0.455. The minimum absolute atomic E-state index is 0.0924. The molecule has 0 aliphatic heterocycles. The molecule has 0 spiro atoms. The van der Waals surface area contributed by atoms with E-state index < -0.39 is 0 Å². The fourth-order valence-electron chi connectivity index (χ4n) is 1.24. The normalized spacial score (nSPS) is 10.0. The second kappa shape index (κ2) is 7.18. The molecular weight excluding hydrogens is 270 g/mol. The van der Waals surface area contributed by atoms with Crippen molar-refractivity contribution in [1.82, 2.24) is 10.9 Å². The van der Waals surface area contributed by atoms with Crippen LogP contribution in [0.3, 0.4) is 0 Å². The summed E-state index contributed by atoms with van der Waals surface area (Å²) in [6, 6.07) is 7.10. The van der Waals surface area contributed by atoms with Crippen LogP contribution in [0.15, 0.2) is 24.3 Å². The quantitative estimate of drug-likeness (QED) is 0.590. The van der Waals surface area contributed by atoms with Crippen molar-refractivity contribution in [2.75, 3.05) is 5.32 Å². The second-order valence-corrected chi connectivity index (χ2v) is 5.08. The van der Waals surface area contributed by atoms with Crippen molar-refractivity contribution in [3.05, 3.63) is 29.3 Å². The Balaban J connectivity index is 2.34. The smallest absolute Gasteiger partial charge is 0.238 e. The molecule has 1 aromatic carbocycles. The summed E-state index contributed by atoms with van der Waals surface area (Å²) in [6.45, 7) is 3.95. The van der Waals surface area contributed by atoms with Crippen molar-refractivity contribution in [2.24, 2.45) is 5.92 Å². The number of carbonyl (C=O) groups excluding carboxylic acids is 1. The van der Waals surface area contributed by atoms with Crippen LogP contribution in [0.25, 0.3) is 0 Å². The predicted molar refractivity (Wildman–Crippen MR) is 78.4 cm³/mol. The first-order valence-corrected chi connectivity index (χ1v) is 6.37. The maximum Gasteiger partial charge on any atom is 0.238 e. The van der Waals surface area contributed by atoms with Gasteiger partial charge in [0.2, 0.25) is 5.91 Å². The highest BCUT2D eigenvalue weighted by atomic mass is 35.5. The number of nitrogens with one attached hydrogen (secondary N) is 3. The molecule has 98 valence electrons. The van der Waals surface area contributed by atoms with Crippen molar-refractivity contribution < 1.29 is 4.79 Å². The molecule has 3 N–H and O–H groups in total. The SMILES string of the molecule is CC(C)CC(=O)NNC(=S)Nc1ccc(Cl)cc1. The van der Waals surface area contributed by atoms with E-state index in [4.69, 9.17) is 23.8 Å². The van der Waals surface area contributed by atoms with Gasteiger partial charge in [-0.2, -0.15) is 0 Å². The Hall–Kier alpha value is -1.33. The van der Waals surface area contributed by atoms with Gasteiger partial charge in [-0.25, -0.2) is 0 Å². The first kappa shape index (κ1) is 14.7. The van der Waals surface area contributed by atoms with Gasteiger partial charge >= 0.3 is 0 Å². The van der Waals surface area contributed by atoms with Crippen molar-refractivity contribution in [3.8, 4) is 0 Å². The zero-order valence-electron chi connectivity index (χ0n) is 10.3. The lowest BCUT2D eigenvalue weighted by Gasteiger charge is -2.12. The van der Waals surface area contributed by atoms with E-state index in [9.17, 15) is 4.79 Å².